The van der Waals surface area contributed by atoms with Gasteiger partial charge in [0.1, 0.15) is 0 Å². The summed E-state index contributed by atoms with van der Waals surface area (Å²) in [6.07, 6.45) is 7.04. The van der Waals surface area contributed by atoms with Crippen molar-refractivity contribution in [2.45, 2.75) is 13.0 Å². The third kappa shape index (κ3) is 3.55. The average Bonchev–Trinajstić information content (AvgIpc) is 3.00. The summed E-state index contributed by atoms with van der Waals surface area (Å²) in [5.74, 6) is 0.271. The number of pyridine rings is 1. The summed E-state index contributed by atoms with van der Waals surface area (Å²) in [6, 6.07) is 11.8. The Hall–Kier alpha value is -3.15. The molecule has 3 rings (SSSR count). The van der Waals surface area contributed by atoms with E-state index in [2.05, 4.69) is 31.6 Å². The van der Waals surface area contributed by atoms with Gasteiger partial charge in [0.05, 0.1) is 12.3 Å². The minimum absolute atomic E-state index is 0.0743. The molecule has 6 heteroatoms. The molecule has 0 saturated heterocycles. The van der Waals surface area contributed by atoms with Crippen LogP contribution in [0.25, 0.3) is 10.9 Å². The highest BCUT2D eigenvalue weighted by Gasteiger charge is 2.10. The summed E-state index contributed by atoms with van der Waals surface area (Å²) in [6.45, 7) is 2.00. The molecular weight excluding hydrogens is 288 g/mol. The second-order valence-electron chi connectivity index (χ2n) is 5.13. The molecule has 0 bridgehead atoms. The van der Waals surface area contributed by atoms with E-state index in [1.54, 1.807) is 18.6 Å². The van der Waals surface area contributed by atoms with Crippen molar-refractivity contribution in [3.05, 3.63) is 66.1 Å². The monoisotopic (exact) mass is 306 g/mol. The minimum Gasteiger partial charge on any atom is -0.369 e. The Balaban J connectivity index is 1.69. The summed E-state index contributed by atoms with van der Waals surface area (Å²) in [5.41, 5.74) is 11.8. The van der Waals surface area contributed by atoms with Gasteiger partial charge < -0.3 is 10.7 Å². The van der Waals surface area contributed by atoms with Crippen LogP contribution >= 0.6 is 0 Å². The summed E-state index contributed by atoms with van der Waals surface area (Å²) in [7, 11) is 0. The van der Waals surface area contributed by atoms with E-state index in [-0.39, 0.29) is 12.0 Å². The molecule has 1 unspecified atom stereocenters. The first-order valence-electron chi connectivity index (χ1n) is 7.32. The van der Waals surface area contributed by atoms with Crippen LogP contribution in [0, 0.1) is 0 Å². The zero-order valence-corrected chi connectivity index (χ0v) is 12.8. The lowest BCUT2D eigenvalue weighted by atomic mass is 10.1. The van der Waals surface area contributed by atoms with Gasteiger partial charge in [-0.1, -0.05) is 18.2 Å². The third-order valence-corrected chi connectivity index (χ3v) is 3.50. The standard InChI is InChI=1S/C17H18N6/c1-12(15-11-20-16-5-3-2-4-14(15)16)22-17(18)23-21-10-13-6-8-19-9-7-13/h2-12,20H,1H3,(H3,18,22,23)/b21-10+. The van der Waals surface area contributed by atoms with Gasteiger partial charge in [-0.15, -0.1) is 0 Å². The second kappa shape index (κ2) is 6.74. The van der Waals surface area contributed by atoms with E-state index >= 15 is 0 Å². The molecule has 0 radical (unpaired) electrons. The minimum atomic E-state index is -0.0743. The number of guanidine groups is 1. The lowest BCUT2D eigenvalue weighted by Crippen LogP contribution is -2.27. The molecule has 0 aliphatic carbocycles. The first-order valence-corrected chi connectivity index (χ1v) is 7.32. The number of nitrogens with zero attached hydrogens (tertiary/aromatic N) is 3. The molecule has 0 spiro atoms. The molecule has 1 aromatic carbocycles. The average molecular weight is 306 g/mol. The number of aromatic amines is 1. The molecule has 2 aromatic heterocycles. The van der Waals surface area contributed by atoms with E-state index in [1.807, 2.05) is 43.5 Å². The van der Waals surface area contributed by atoms with Crippen LogP contribution in [0.5, 0.6) is 0 Å². The van der Waals surface area contributed by atoms with Gasteiger partial charge in [0.15, 0.2) is 0 Å². The Morgan fingerprint density at radius 2 is 2.04 bits per heavy atom. The number of rotatable bonds is 4. The van der Waals surface area contributed by atoms with Crippen LogP contribution in [-0.2, 0) is 0 Å². The van der Waals surface area contributed by atoms with Gasteiger partial charge in [0, 0.05) is 35.1 Å². The molecule has 0 aliphatic heterocycles. The van der Waals surface area contributed by atoms with Crippen molar-refractivity contribution in [1.82, 2.24) is 15.4 Å². The molecule has 6 nitrogen and oxygen atoms in total. The number of aliphatic imine (C=N–C) groups is 1. The Labute approximate surface area is 134 Å². The molecule has 23 heavy (non-hydrogen) atoms. The number of nitrogens with two attached hydrogens (primary N) is 1. The molecule has 0 fully saturated rings. The number of hydrazone groups is 1. The lowest BCUT2D eigenvalue weighted by molar-refractivity contribution is 0.808. The highest BCUT2D eigenvalue weighted by molar-refractivity contribution is 5.85. The Bertz CT molecular complexity index is 834. The van der Waals surface area contributed by atoms with E-state index in [4.69, 9.17) is 5.73 Å². The maximum atomic E-state index is 5.89. The first-order chi connectivity index (χ1) is 11.2. The van der Waals surface area contributed by atoms with Crippen LogP contribution in [0.2, 0.25) is 0 Å². The van der Waals surface area contributed by atoms with Gasteiger partial charge in [-0.2, -0.15) is 5.10 Å². The van der Waals surface area contributed by atoms with E-state index < -0.39 is 0 Å². The van der Waals surface area contributed by atoms with Crippen molar-refractivity contribution < 1.29 is 0 Å². The highest BCUT2D eigenvalue weighted by atomic mass is 15.3. The van der Waals surface area contributed by atoms with Gasteiger partial charge in [0.2, 0.25) is 5.96 Å². The van der Waals surface area contributed by atoms with Gasteiger partial charge >= 0.3 is 0 Å². The molecular formula is C17H18N6. The predicted octanol–water partition coefficient (Wildman–Crippen LogP) is 2.56. The van der Waals surface area contributed by atoms with Crippen molar-refractivity contribution in [3.8, 4) is 0 Å². The van der Waals surface area contributed by atoms with Crippen LogP contribution in [-0.4, -0.2) is 22.1 Å². The molecule has 116 valence electrons. The van der Waals surface area contributed by atoms with Crippen LogP contribution < -0.4 is 11.2 Å². The number of para-hydroxylation sites is 1. The van der Waals surface area contributed by atoms with E-state index in [0.717, 1.165) is 22.0 Å². The maximum absolute atomic E-state index is 5.89. The summed E-state index contributed by atoms with van der Waals surface area (Å²) >= 11 is 0. The van der Waals surface area contributed by atoms with E-state index in [1.165, 1.54) is 0 Å². The molecule has 2 heterocycles. The SMILES string of the molecule is CC(N=C(N)N/N=C/c1ccncc1)c1c[nH]c2ccccc12. The molecule has 0 saturated carbocycles. The molecule has 0 amide bonds. The molecule has 3 aromatic rings. The highest BCUT2D eigenvalue weighted by Crippen LogP contribution is 2.25. The van der Waals surface area contributed by atoms with Crippen LogP contribution in [0.4, 0.5) is 0 Å². The van der Waals surface area contributed by atoms with Gasteiger partial charge in [-0.25, -0.2) is 10.4 Å². The fourth-order valence-corrected chi connectivity index (χ4v) is 2.37. The number of H-pyrrole nitrogens is 1. The first kappa shape index (κ1) is 14.8. The fourth-order valence-electron chi connectivity index (χ4n) is 2.37. The topological polar surface area (TPSA) is 91.4 Å². The summed E-state index contributed by atoms with van der Waals surface area (Å²) in [5, 5.41) is 5.22. The zero-order chi connectivity index (χ0) is 16.1. The van der Waals surface area contributed by atoms with Crippen LogP contribution in [0.15, 0.2) is 65.1 Å². The Morgan fingerprint density at radius 1 is 1.26 bits per heavy atom. The predicted molar refractivity (Wildman–Crippen MR) is 93.3 cm³/mol. The largest absolute Gasteiger partial charge is 0.369 e. The van der Waals surface area contributed by atoms with Crippen molar-refractivity contribution >= 4 is 23.1 Å². The summed E-state index contributed by atoms with van der Waals surface area (Å²) < 4.78 is 0. The van der Waals surface area contributed by atoms with Gasteiger partial charge in [-0.3, -0.25) is 4.98 Å². The van der Waals surface area contributed by atoms with Crippen molar-refractivity contribution in [2.75, 3.05) is 0 Å². The maximum Gasteiger partial charge on any atom is 0.210 e. The van der Waals surface area contributed by atoms with Crippen molar-refractivity contribution in [3.63, 3.8) is 0 Å². The Morgan fingerprint density at radius 3 is 2.87 bits per heavy atom. The van der Waals surface area contributed by atoms with Crippen LogP contribution in [0.3, 0.4) is 0 Å². The Kier molecular flexibility index (Phi) is 4.33. The normalized spacial score (nSPS) is 13.5. The second-order valence-corrected chi connectivity index (χ2v) is 5.13. The fraction of sp³-hybridized carbons (Fsp3) is 0.118. The van der Waals surface area contributed by atoms with Crippen molar-refractivity contribution in [2.24, 2.45) is 15.8 Å². The van der Waals surface area contributed by atoms with Gasteiger partial charge in [-0.05, 0) is 30.7 Å². The molecule has 4 N–H and O–H groups in total. The number of fused-ring (bicyclic) bond motifs is 1. The number of hydrogen-bond acceptors (Lipinski definition) is 3. The van der Waals surface area contributed by atoms with E-state index in [0.29, 0.717) is 0 Å². The van der Waals surface area contributed by atoms with Crippen LogP contribution in [0.1, 0.15) is 24.1 Å². The molecule has 1 atom stereocenters. The van der Waals surface area contributed by atoms with Gasteiger partial charge in [0.25, 0.3) is 0 Å². The number of nitrogens with one attached hydrogen (secondary N) is 2. The number of aromatic nitrogens is 2. The third-order valence-electron chi connectivity index (χ3n) is 3.50. The number of hydrogen-bond donors (Lipinski definition) is 3. The molecule has 0 aliphatic rings. The van der Waals surface area contributed by atoms with Crippen molar-refractivity contribution in [1.29, 1.82) is 0 Å². The summed E-state index contributed by atoms with van der Waals surface area (Å²) in [4.78, 5) is 11.6. The van der Waals surface area contributed by atoms with E-state index in [9.17, 15) is 0 Å². The number of benzene rings is 1. The smallest absolute Gasteiger partial charge is 0.210 e. The lowest BCUT2D eigenvalue weighted by Gasteiger charge is -2.07. The zero-order valence-electron chi connectivity index (χ0n) is 12.8. The quantitative estimate of drug-likeness (QED) is 0.393.